The number of hydrogen-bond donors (Lipinski definition) is 3. The zero-order chi connectivity index (χ0) is 17.8. The van der Waals surface area contributed by atoms with Crippen LogP contribution in [-0.2, 0) is 15.8 Å². The van der Waals surface area contributed by atoms with Gasteiger partial charge in [0.2, 0.25) is 0 Å². The number of carbonyl (C=O) groups excluding carboxylic acids is 2. The third kappa shape index (κ3) is 5.51. The van der Waals surface area contributed by atoms with Gasteiger partial charge in [-0.3, -0.25) is 9.59 Å². The standard InChI is InChI=1S/C14H16F4N2O3/c1-3-13(2,23)7-19-11(21)12(22)20-8-4-5-10(15)9(6-8)14(16,17)18/h4-6,23H,3,7H2,1-2H3,(H,19,21)(H,20,22)/t13-/m0/s1. The van der Waals surface area contributed by atoms with Crippen LogP contribution in [0.5, 0.6) is 0 Å². The number of aliphatic hydroxyl groups is 1. The van der Waals surface area contributed by atoms with Crippen molar-refractivity contribution in [2.45, 2.75) is 32.0 Å². The van der Waals surface area contributed by atoms with Crippen LogP contribution in [0.2, 0.25) is 0 Å². The van der Waals surface area contributed by atoms with Crippen LogP contribution in [0.15, 0.2) is 18.2 Å². The minimum absolute atomic E-state index is 0.201. The Balaban J connectivity index is 2.76. The summed E-state index contributed by atoms with van der Waals surface area (Å²) >= 11 is 0. The van der Waals surface area contributed by atoms with Crippen molar-refractivity contribution < 1.29 is 32.3 Å². The van der Waals surface area contributed by atoms with E-state index < -0.39 is 35.0 Å². The van der Waals surface area contributed by atoms with Gasteiger partial charge in [-0.2, -0.15) is 13.2 Å². The molecule has 0 unspecified atom stereocenters. The molecule has 0 aliphatic carbocycles. The normalized spacial score (nSPS) is 14.0. The van der Waals surface area contributed by atoms with Gasteiger partial charge in [-0.05, 0) is 31.5 Å². The van der Waals surface area contributed by atoms with E-state index in [0.717, 1.165) is 6.07 Å². The fourth-order valence-corrected chi connectivity index (χ4v) is 1.48. The molecule has 0 saturated heterocycles. The predicted octanol–water partition coefficient (Wildman–Crippen LogP) is 2.06. The van der Waals surface area contributed by atoms with Gasteiger partial charge in [0.15, 0.2) is 0 Å². The Morgan fingerprint density at radius 2 is 1.83 bits per heavy atom. The van der Waals surface area contributed by atoms with Crippen molar-refractivity contribution in [2.75, 3.05) is 11.9 Å². The summed E-state index contributed by atoms with van der Waals surface area (Å²) in [6.45, 7) is 2.91. The number of anilines is 1. The van der Waals surface area contributed by atoms with E-state index in [1.807, 2.05) is 5.32 Å². The van der Waals surface area contributed by atoms with Gasteiger partial charge in [0.05, 0.1) is 11.2 Å². The number of hydrogen-bond acceptors (Lipinski definition) is 3. The number of benzene rings is 1. The molecule has 0 aliphatic rings. The van der Waals surface area contributed by atoms with E-state index in [4.69, 9.17) is 0 Å². The average Bonchev–Trinajstić information content (AvgIpc) is 2.45. The first-order chi connectivity index (χ1) is 10.5. The molecule has 0 heterocycles. The lowest BCUT2D eigenvalue weighted by molar-refractivity contribution is -0.140. The summed E-state index contributed by atoms with van der Waals surface area (Å²) in [5.74, 6) is -3.84. The molecule has 0 aliphatic heterocycles. The third-order valence-corrected chi connectivity index (χ3v) is 3.13. The van der Waals surface area contributed by atoms with Gasteiger partial charge in [-0.15, -0.1) is 0 Å². The first kappa shape index (κ1) is 18.9. The smallest absolute Gasteiger partial charge is 0.388 e. The van der Waals surface area contributed by atoms with Gasteiger partial charge in [-0.1, -0.05) is 6.92 Å². The molecule has 1 rings (SSSR count). The maximum atomic E-state index is 13.1. The van der Waals surface area contributed by atoms with Crippen molar-refractivity contribution in [1.82, 2.24) is 5.32 Å². The molecule has 1 aromatic carbocycles. The van der Waals surface area contributed by atoms with Gasteiger partial charge in [0.1, 0.15) is 5.82 Å². The minimum Gasteiger partial charge on any atom is -0.388 e. The van der Waals surface area contributed by atoms with Crippen LogP contribution in [0.25, 0.3) is 0 Å². The topological polar surface area (TPSA) is 78.4 Å². The SMILES string of the molecule is CC[C@](C)(O)CNC(=O)C(=O)Nc1ccc(F)c(C(F)(F)F)c1. The maximum absolute atomic E-state index is 13.1. The zero-order valence-electron chi connectivity index (χ0n) is 12.4. The van der Waals surface area contributed by atoms with Crippen LogP contribution in [0.1, 0.15) is 25.8 Å². The highest BCUT2D eigenvalue weighted by atomic mass is 19.4. The van der Waals surface area contributed by atoms with Crippen LogP contribution >= 0.6 is 0 Å². The molecule has 0 fully saturated rings. The van der Waals surface area contributed by atoms with E-state index in [2.05, 4.69) is 5.32 Å². The summed E-state index contributed by atoms with van der Waals surface area (Å²) in [6.07, 6.45) is -4.60. The Hall–Kier alpha value is -2.16. The van der Waals surface area contributed by atoms with Gasteiger partial charge in [0.25, 0.3) is 0 Å². The van der Waals surface area contributed by atoms with E-state index in [0.29, 0.717) is 18.6 Å². The molecule has 1 atom stereocenters. The molecule has 5 nitrogen and oxygen atoms in total. The summed E-state index contributed by atoms with van der Waals surface area (Å²) < 4.78 is 50.8. The second-order valence-electron chi connectivity index (χ2n) is 5.18. The van der Waals surface area contributed by atoms with Gasteiger partial charge < -0.3 is 15.7 Å². The Labute approximate surface area is 129 Å². The van der Waals surface area contributed by atoms with Gasteiger partial charge in [-0.25, -0.2) is 4.39 Å². The molecule has 0 radical (unpaired) electrons. The Morgan fingerprint density at radius 1 is 1.22 bits per heavy atom. The van der Waals surface area contributed by atoms with E-state index in [1.165, 1.54) is 6.92 Å². The first-order valence-electron chi connectivity index (χ1n) is 6.64. The van der Waals surface area contributed by atoms with Crippen molar-refractivity contribution in [1.29, 1.82) is 0 Å². The molecule has 3 N–H and O–H groups in total. The highest BCUT2D eigenvalue weighted by Crippen LogP contribution is 2.32. The van der Waals surface area contributed by atoms with Crippen molar-refractivity contribution in [3.8, 4) is 0 Å². The molecular formula is C14H16F4N2O3. The molecule has 1 aromatic rings. The molecule has 0 saturated carbocycles. The third-order valence-electron chi connectivity index (χ3n) is 3.13. The predicted molar refractivity (Wildman–Crippen MR) is 74.0 cm³/mol. The molecule has 0 bridgehead atoms. The lowest BCUT2D eigenvalue weighted by Gasteiger charge is -2.21. The average molecular weight is 336 g/mol. The fourth-order valence-electron chi connectivity index (χ4n) is 1.48. The zero-order valence-corrected chi connectivity index (χ0v) is 12.4. The van der Waals surface area contributed by atoms with E-state index in [9.17, 15) is 32.3 Å². The minimum atomic E-state index is -4.92. The van der Waals surface area contributed by atoms with Gasteiger partial charge >= 0.3 is 18.0 Å². The lowest BCUT2D eigenvalue weighted by Crippen LogP contribution is -2.44. The van der Waals surface area contributed by atoms with Crippen molar-refractivity contribution in [3.63, 3.8) is 0 Å². The van der Waals surface area contributed by atoms with Crippen LogP contribution in [0.4, 0.5) is 23.2 Å². The Kier molecular flexibility index (Phi) is 5.70. The number of amides is 2. The van der Waals surface area contributed by atoms with Crippen LogP contribution in [0.3, 0.4) is 0 Å². The molecule has 0 spiro atoms. The summed E-state index contributed by atoms with van der Waals surface area (Å²) in [5, 5.41) is 13.8. The van der Waals surface area contributed by atoms with E-state index >= 15 is 0 Å². The van der Waals surface area contributed by atoms with Crippen LogP contribution in [-0.4, -0.2) is 29.1 Å². The Morgan fingerprint density at radius 3 is 2.35 bits per heavy atom. The highest BCUT2D eigenvalue weighted by Gasteiger charge is 2.34. The first-order valence-corrected chi connectivity index (χ1v) is 6.64. The second kappa shape index (κ2) is 6.95. The fraction of sp³-hybridized carbons (Fsp3) is 0.429. The summed E-state index contributed by atoms with van der Waals surface area (Å²) in [7, 11) is 0. The number of carbonyl (C=O) groups is 2. The lowest BCUT2D eigenvalue weighted by atomic mass is 10.0. The van der Waals surface area contributed by atoms with E-state index in [-0.39, 0.29) is 12.2 Å². The second-order valence-corrected chi connectivity index (χ2v) is 5.18. The molecule has 2 amide bonds. The molecular weight excluding hydrogens is 320 g/mol. The van der Waals surface area contributed by atoms with E-state index in [1.54, 1.807) is 6.92 Å². The quantitative estimate of drug-likeness (QED) is 0.582. The molecule has 23 heavy (non-hydrogen) atoms. The monoisotopic (exact) mass is 336 g/mol. The van der Waals surface area contributed by atoms with Gasteiger partial charge in [0, 0.05) is 12.2 Å². The number of rotatable bonds is 4. The number of alkyl halides is 3. The summed E-state index contributed by atoms with van der Waals surface area (Å²) in [4.78, 5) is 23.1. The van der Waals surface area contributed by atoms with Crippen LogP contribution < -0.4 is 10.6 Å². The number of nitrogens with one attached hydrogen (secondary N) is 2. The highest BCUT2D eigenvalue weighted by molar-refractivity contribution is 6.39. The summed E-state index contributed by atoms with van der Waals surface area (Å²) in [6, 6.07) is 1.83. The Bertz CT molecular complexity index is 600. The maximum Gasteiger partial charge on any atom is 0.419 e. The van der Waals surface area contributed by atoms with Crippen LogP contribution in [0, 0.1) is 5.82 Å². The molecule has 0 aromatic heterocycles. The summed E-state index contributed by atoms with van der Waals surface area (Å²) in [5.41, 5.74) is -3.14. The number of halogens is 4. The van der Waals surface area contributed by atoms with Crippen molar-refractivity contribution in [2.24, 2.45) is 0 Å². The molecule has 9 heteroatoms. The largest absolute Gasteiger partial charge is 0.419 e. The van der Waals surface area contributed by atoms with Crippen molar-refractivity contribution >= 4 is 17.5 Å². The van der Waals surface area contributed by atoms with Crippen molar-refractivity contribution in [3.05, 3.63) is 29.6 Å². The molecule has 128 valence electrons.